The smallest absolute Gasteiger partial charge is 0.236 e. The molecule has 1 aromatic carbocycles. The van der Waals surface area contributed by atoms with Gasteiger partial charge in [0, 0.05) is 11.1 Å². The lowest BCUT2D eigenvalue weighted by molar-refractivity contribution is 0.575. The third kappa shape index (κ3) is 2.63. The number of aromatic nitrogens is 3. The second-order valence-corrected chi connectivity index (χ2v) is 6.52. The molecule has 108 valence electrons. The fraction of sp³-hybridized carbons (Fsp3) is 0.0625. The largest absolute Gasteiger partial charge is 0.444 e. The van der Waals surface area contributed by atoms with Crippen LogP contribution in [0.4, 0.5) is 0 Å². The number of hydrogen-bond acceptors (Lipinski definition) is 6. The van der Waals surface area contributed by atoms with E-state index in [1.807, 2.05) is 41.8 Å². The lowest BCUT2D eigenvalue weighted by atomic mass is 10.2. The van der Waals surface area contributed by atoms with E-state index in [1.54, 1.807) is 35.7 Å². The van der Waals surface area contributed by atoms with Crippen LogP contribution in [0.2, 0.25) is 0 Å². The number of thioether (sulfide) groups is 1. The van der Waals surface area contributed by atoms with Gasteiger partial charge in [0.15, 0.2) is 0 Å². The molecule has 0 bridgehead atoms. The number of rotatable bonds is 4. The van der Waals surface area contributed by atoms with E-state index >= 15 is 0 Å². The van der Waals surface area contributed by atoms with Crippen molar-refractivity contribution in [3.05, 3.63) is 60.1 Å². The van der Waals surface area contributed by atoms with Crippen LogP contribution in [0.25, 0.3) is 21.7 Å². The molecule has 0 N–H and O–H groups in total. The van der Waals surface area contributed by atoms with Gasteiger partial charge in [0.1, 0.15) is 17.6 Å². The molecule has 4 nitrogen and oxygen atoms in total. The summed E-state index contributed by atoms with van der Waals surface area (Å²) in [7, 11) is 0. The molecule has 3 aromatic heterocycles. The maximum Gasteiger partial charge on any atom is 0.236 e. The van der Waals surface area contributed by atoms with Crippen molar-refractivity contribution in [2.24, 2.45) is 0 Å². The van der Waals surface area contributed by atoms with Gasteiger partial charge in [0.25, 0.3) is 0 Å². The first kappa shape index (κ1) is 13.5. The van der Waals surface area contributed by atoms with E-state index in [-0.39, 0.29) is 0 Å². The standard InChI is InChI=1S/C16H11N3OS2/c1-2-5-13-12(4-1)16(18-10-17-13)22-9-11-8-20-15(19-11)14-6-3-7-21-14/h1-8,10H,9H2. The summed E-state index contributed by atoms with van der Waals surface area (Å²) in [5.74, 6) is 1.40. The minimum absolute atomic E-state index is 0.679. The molecule has 0 spiro atoms. The van der Waals surface area contributed by atoms with Gasteiger partial charge in [-0.05, 0) is 17.5 Å². The number of fused-ring (bicyclic) bond motifs is 1. The van der Waals surface area contributed by atoms with Crippen molar-refractivity contribution in [1.29, 1.82) is 0 Å². The number of benzene rings is 1. The SMILES string of the molecule is c1csc(-c2nc(CSc3ncnc4ccccc34)co2)c1. The molecule has 4 aromatic rings. The van der Waals surface area contributed by atoms with E-state index in [0.29, 0.717) is 5.89 Å². The Kier molecular flexibility index (Phi) is 3.62. The molecule has 3 heterocycles. The summed E-state index contributed by atoms with van der Waals surface area (Å²) < 4.78 is 5.54. The molecule has 0 radical (unpaired) electrons. The highest BCUT2D eigenvalue weighted by Crippen LogP contribution is 2.29. The molecule has 0 aliphatic carbocycles. The van der Waals surface area contributed by atoms with Crippen molar-refractivity contribution in [2.75, 3.05) is 0 Å². The third-order valence-electron chi connectivity index (χ3n) is 3.15. The minimum atomic E-state index is 0.679. The Morgan fingerprint density at radius 1 is 1.09 bits per heavy atom. The maximum absolute atomic E-state index is 5.54. The molecular formula is C16H11N3OS2. The van der Waals surface area contributed by atoms with E-state index < -0.39 is 0 Å². The zero-order chi connectivity index (χ0) is 14.8. The van der Waals surface area contributed by atoms with Crippen LogP contribution >= 0.6 is 23.1 Å². The summed E-state index contributed by atoms with van der Waals surface area (Å²) in [4.78, 5) is 14.2. The summed E-state index contributed by atoms with van der Waals surface area (Å²) in [6.45, 7) is 0. The van der Waals surface area contributed by atoms with Gasteiger partial charge in [0.05, 0.1) is 16.1 Å². The Balaban J connectivity index is 1.55. The predicted octanol–water partition coefficient (Wildman–Crippen LogP) is 4.64. The Morgan fingerprint density at radius 3 is 2.95 bits per heavy atom. The molecular weight excluding hydrogens is 314 g/mol. The maximum atomic E-state index is 5.54. The number of para-hydroxylation sites is 1. The molecule has 0 atom stereocenters. The summed E-state index contributed by atoms with van der Waals surface area (Å²) in [5, 5.41) is 4.05. The van der Waals surface area contributed by atoms with Gasteiger partial charge in [-0.15, -0.1) is 11.3 Å². The molecule has 4 rings (SSSR count). The lowest BCUT2D eigenvalue weighted by Gasteiger charge is -2.02. The van der Waals surface area contributed by atoms with Crippen molar-refractivity contribution in [1.82, 2.24) is 15.0 Å². The first-order valence-corrected chi connectivity index (χ1v) is 8.57. The Morgan fingerprint density at radius 2 is 2.05 bits per heavy atom. The van der Waals surface area contributed by atoms with Crippen LogP contribution in [-0.4, -0.2) is 15.0 Å². The van der Waals surface area contributed by atoms with Crippen LogP contribution in [0.15, 0.2) is 63.8 Å². The van der Waals surface area contributed by atoms with E-state index in [4.69, 9.17) is 4.42 Å². The van der Waals surface area contributed by atoms with E-state index in [0.717, 1.165) is 32.3 Å². The quantitative estimate of drug-likeness (QED) is 0.404. The molecule has 0 amide bonds. The normalized spacial score (nSPS) is 11.1. The monoisotopic (exact) mass is 325 g/mol. The summed E-state index contributed by atoms with van der Waals surface area (Å²) >= 11 is 3.27. The molecule has 0 aliphatic heterocycles. The van der Waals surface area contributed by atoms with Crippen LogP contribution in [-0.2, 0) is 5.75 Å². The van der Waals surface area contributed by atoms with E-state index in [1.165, 1.54) is 0 Å². The average Bonchev–Trinajstić information content (AvgIpc) is 3.24. The van der Waals surface area contributed by atoms with Gasteiger partial charge in [0.2, 0.25) is 5.89 Å². The van der Waals surface area contributed by atoms with Gasteiger partial charge < -0.3 is 4.42 Å². The van der Waals surface area contributed by atoms with Crippen LogP contribution in [0.5, 0.6) is 0 Å². The molecule has 22 heavy (non-hydrogen) atoms. The molecule has 0 unspecified atom stereocenters. The van der Waals surface area contributed by atoms with Gasteiger partial charge in [-0.3, -0.25) is 0 Å². The van der Waals surface area contributed by atoms with Crippen molar-refractivity contribution >= 4 is 34.0 Å². The number of nitrogens with zero attached hydrogens (tertiary/aromatic N) is 3. The number of thiophene rings is 1. The summed E-state index contributed by atoms with van der Waals surface area (Å²) in [6, 6.07) is 12.0. The fourth-order valence-corrected chi connectivity index (χ4v) is 3.65. The highest BCUT2D eigenvalue weighted by Gasteiger charge is 2.09. The van der Waals surface area contributed by atoms with Crippen LogP contribution in [0.3, 0.4) is 0 Å². The number of hydrogen-bond donors (Lipinski definition) is 0. The van der Waals surface area contributed by atoms with Crippen LogP contribution < -0.4 is 0 Å². The van der Waals surface area contributed by atoms with Crippen LogP contribution in [0.1, 0.15) is 5.69 Å². The van der Waals surface area contributed by atoms with Crippen molar-refractivity contribution in [3.8, 4) is 10.8 Å². The Labute approximate surface area is 135 Å². The molecule has 0 saturated carbocycles. The van der Waals surface area contributed by atoms with Gasteiger partial charge in [-0.25, -0.2) is 15.0 Å². The summed E-state index contributed by atoms with van der Waals surface area (Å²) in [5.41, 5.74) is 1.87. The first-order chi connectivity index (χ1) is 10.9. The average molecular weight is 325 g/mol. The highest BCUT2D eigenvalue weighted by molar-refractivity contribution is 7.98. The Bertz CT molecular complexity index is 897. The third-order valence-corrected chi connectivity index (χ3v) is 5.04. The predicted molar refractivity (Wildman–Crippen MR) is 88.9 cm³/mol. The second-order valence-electron chi connectivity index (χ2n) is 4.61. The van der Waals surface area contributed by atoms with E-state index in [9.17, 15) is 0 Å². The molecule has 0 aliphatic rings. The zero-order valence-corrected chi connectivity index (χ0v) is 13.1. The number of oxazole rings is 1. The second kappa shape index (κ2) is 5.90. The van der Waals surface area contributed by atoms with Gasteiger partial charge >= 0.3 is 0 Å². The van der Waals surface area contributed by atoms with Gasteiger partial charge in [-0.1, -0.05) is 36.0 Å². The fourth-order valence-electron chi connectivity index (χ4n) is 2.12. The molecule has 0 saturated heterocycles. The molecule has 0 fully saturated rings. The zero-order valence-electron chi connectivity index (χ0n) is 11.5. The van der Waals surface area contributed by atoms with E-state index in [2.05, 4.69) is 15.0 Å². The first-order valence-electron chi connectivity index (χ1n) is 6.71. The highest BCUT2D eigenvalue weighted by atomic mass is 32.2. The van der Waals surface area contributed by atoms with Crippen molar-refractivity contribution in [2.45, 2.75) is 10.8 Å². The van der Waals surface area contributed by atoms with Crippen LogP contribution in [0, 0.1) is 0 Å². The summed E-state index contributed by atoms with van der Waals surface area (Å²) in [6.07, 6.45) is 3.32. The lowest BCUT2D eigenvalue weighted by Crippen LogP contribution is -1.88. The van der Waals surface area contributed by atoms with Gasteiger partial charge in [-0.2, -0.15) is 0 Å². The minimum Gasteiger partial charge on any atom is -0.444 e. The molecule has 6 heteroatoms. The Hall–Kier alpha value is -2.18. The van der Waals surface area contributed by atoms with Crippen molar-refractivity contribution in [3.63, 3.8) is 0 Å². The van der Waals surface area contributed by atoms with Crippen molar-refractivity contribution < 1.29 is 4.42 Å². The topological polar surface area (TPSA) is 51.8 Å².